The molecule has 0 unspecified atom stereocenters. The molecular weight excluding hydrogens is 463 g/mol. The first kappa shape index (κ1) is 25.1. The number of hydrogen-bond donors (Lipinski definition) is 1. The van der Waals surface area contributed by atoms with Crippen molar-refractivity contribution in [3.05, 3.63) is 68.7 Å². The monoisotopic (exact) mass is 490 g/mol. The number of hydrogen-bond acceptors (Lipinski definition) is 5. The van der Waals surface area contributed by atoms with E-state index in [9.17, 15) is 14.7 Å². The average Bonchev–Trinajstić information content (AvgIpc) is 2.99. The number of rotatable bonds is 7. The molecule has 1 N–H and O–H groups in total. The first-order valence-electron chi connectivity index (χ1n) is 10.7. The maximum absolute atomic E-state index is 13.1. The molecule has 1 atom stereocenters. The molecule has 1 aliphatic heterocycles. The highest BCUT2D eigenvalue weighted by Gasteiger charge is 2.46. The highest BCUT2D eigenvalue weighted by molar-refractivity contribution is 6.46. The largest absolute Gasteiger partial charge is 0.507 e. The van der Waals surface area contributed by atoms with Crippen molar-refractivity contribution in [3.8, 4) is 5.75 Å². The van der Waals surface area contributed by atoms with Crippen LogP contribution in [0.3, 0.4) is 0 Å². The molecule has 0 spiro atoms. The molecule has 3 rings (SSSR count). The molecule has 33 heavy (non-hydrogen) atoms. The van der Waals surface area contributed by atoms with Crippen LogP contribution in [0, 0.1) is 6.92 Å². The number of carbonyl (C=O) groups excluding carboxylic acids is 2. The summed E-state index contributed by atoms with van der Waals surface area (Å²) >= 11 is 12.3. The van der Waals surface area contributed by atoms with Gasteiger partial charge in [-0.3, -0.25) is 9.59 Å². The summed E-state index contributed by atoms with van der Waals surface area (Å²) in [5, 5.41) is 11.9. The Kier molecular flexibility index (Phi) is 7.73. The zero-order chi connectivity index (χ0) is 24.4. The Labute approximate surface area is 204 Å². The predicted molar refractivity (Wildman–Crippen MR) is 131 cm³/mol. The molecule has 0 aromatic heterocycles. The Morgan fingerprint density at radius 2 is 1.82 bits per heavy atom. The van der Waals surface area contributed by atoms with Crippen molar-refractivity contribution < 1.29 is 19.4 Å². The minimum atomic E-state index is -0.786. The van der Waals surface area contributed by atoms with Crippen molar-refractivity contribution in [2.45, 2.75) is 32.9 Å². The molecule has 2 aromatic carbocycles. The lowest BCUT2D eigenvalue weighted by Gasteiger charge is -2.27. The van der Waals surface area contributed by atoms with Gasteiger partial charge in [0.2, 0.25) is 0 Å². The third-order valence-corrected chi connectivity index (χ3v) is 6.14. The van der Waals surface area contributed by atoms with Gasteiger partial charge in [0.15, 0.2) is 0 Å². The Balaban J connectivity index is 2.14. The van der Waals surface area contributed by atoms with Gasteiger partial charge in [-0.1, -0.05) is 29.3 Å². The van der Waals surface area contributed by atoms with Gasteiger partial charge in [0.25, 0.3) is 11.7 Å². The summed E-state index contributed by atoms with van der Waals surface area (Å²) in [6, 6.07) is 9.35. The maximum Gasteiger partial charge on any atom is 0.295 e. The van der Waals surface area contributed by atoms with E-state index in [2.05, 4.69) is 0 Å². The number of aliphatic hydroxyl groups is 1. The second-order valence-corrected chi connectivity index (χ2v) is 9.43. The van der Waals surface area contributed by atoms with Gasteiger partial charge < -0.3 is 19.6 Å². The number of benzene rings is 2. The summed E-state index contributed by atoms with van der Waals surface area (Å²) in [5.41, 5.74) is 1.86. The van der Waals surface area contributed by atoms with Crippen LogP contribution in [0.25, 0.3) is 5.76 Å². The normalized spacial score (nSPS) is 18.0. The molecule has 2 aromatic rings. The van der Waals surface area contributed by atoms with E-state index >= 15 is 0 Å². The van der Waals surface area contributed by atoms with Crippen LogP contribution in [0.2, 0.25) is 10.0 Å². The molecule has 1 amide bonds. The zero-order valence-electron chi connectivity index (χ0n) is 19.4. The molecule has 8 heteroatoms. The lowest BCUT2D eigenvalue weighted by Crippen LogP contribution is -2.35. The smallest absolute Gasteiger partial charge is 0.295 e. The van der Waals surface area contributed by atoms with E-state index in [1.165, 1.54) is 4.90 Å². The van der Waals surface area contributed by atoms with Crippen molar-refractivity contribution in [1.82, 2.24) is 9.80 Å². The minimum absolute atomic E-state index is 0.000165. The summed E-state index contributed by atoms with van der Waals surface area (Å²) < 4.78 is 5.77. The average molecular weight is 491 g/mol. The fourth-order valence-electron chi connectivity index (χ4n) is 3.79. The lowest BCUT2D eigenvalue weighted by molar-refractivity contribution is -0.140. The summed E-state index contributed by atoms with van der Waals surface area (Å²) in [5.74, 6) is -0.946. The van der Waals surface area contributed by atoms with Gasteiger partial charge in [-0.25, -0.2) is 0 Å². The van der Waals surface area contributed by atoms with Gasteiger partial charge in [-0.15, -0.1) is 0 Å². The summed E-state index contributed by atoms with van der Waals surface area (Å²) in [6.07, 6.45) is -0.000165. The SMILES string of the molecule is Cc1cc(/C(O)=C2\C(=O)C(=O)N(CCN(C)C)[C@@H]2c2ccc(Cl)c(Cl)c2)ccc1OC(C)C. The zero-order valence-corrected chi connectivity index (χ0v) is 20.9. The van der Waals surface area contributed by atoms with Crippen molar-refractivity contribution in [3.63, 3.8) is 0 Å². The van der Waals surface area contributed by atoms with Crippen LogP contribution < -0.4 is 4.74 Å². The maximum atomic E-state index is 13.1. The number of ether oxygens (including phenoxy) is 1. The molecule has 176 valence electrons. The number of carbonyl (C=O) groups is 2. The number of nitrogens with zero attached hydrogens (tertiary/aromatic N) is 2. The van der Waals surface area contributed by atoms with Crippen LogP contribution in [0.5, 0.6) is 5.75 Å². The highest BCUT2D eigenvalue weighted by atomic mass is 35.5. The number of Topliss-reactive ketones (excluding diaryl/α,β-unsaturated/α-hetero) is 1. The minimum Gasteiger partial charge on any atom is -0.507 e. The van der Waals surface area contributed by atoms with Crippen molar-refractivity contribution in [2.24, 2.45) is 0 Å². The molecule has 0 bridgehead atoms. The van der Waals surface area contributed by atoms with Gasteiger partial charge in [-0.05, 0) is 76.3 Å². The first-order chi connectivity index (χ1) is 15.5. The van der Waals surface area contributed by atoms with Gasteiger partial charge in [-0.2, -0.15) is 0 Å². The molecule has 0 saturated carbocycles. The predicted octanol–water partition coefficient (Wildman–Crippen LogP) is 5.07. The van der Waals surface area contributed by atoms with E-state index in [0.29, 0.717) is 40.0 Å². The van der Waals surface area contributed by atoms with E-state index in [-0.39, 0.29) is 17.4 Å². The number of likely N-dealkylation sites (N-methyl/N-ethyl adjacent to an activating group) is 1. The summed E-state index contributed by atoms with van der Waals surface area (Å²) in [7, 11) is 3.77. The Bertz CT molecular complexity index is 1110. The van der Waals surface area contributed by atoms with Gasteiger partial charge >= 0.3 is 0 Å². The quantitative estimate of drug-likeness (QED) is 0.333. The third-order valence-electron chi connectivity index (χ3n) is 5.40. The second kappa shape index (κ2) is 10.2. The fraction of sp³-hybridized carbons (Fsp3) is 0.360. The fourth-order valence-corrected chi connectivity index (χ4v) is 4.09. The standard InChI is InChI=1S/C25H28Cl2N2O4/c1-14(2)33-20-9-7-17(12-15(20)3)23(30)21-22(16-6-8-18(26)19(27)13-16)29(11-10-28(4)5)25(32)24(21)31/h6-9,12-14,22,30H,10-11H2,1-5H3/b23-21+/t22-/m1/s1. The molecule has 1 fully saturated rings. The van der Waals surface area contributed by atoms with E-state index in [4.69, 9.17) is 27.9 Å². The van der Waals surface area contributed by atoms with Crippen LogP contribution in [0.4, 0.5) is 0 Å². The second-order valence-electron chi connectivity index (χ2n) is 8.62. The van der Waals surface area contributed by atoms with Gasteiger partial charge in [0.1, 0.15) is 11.5 Å². The number of halogens is 2. The number of amides is 1. The summed E-state index contributed by atoms with van der Waals surface area (Å²) in [4.78, 5) is 29.5. The van der Waals surface area contributed by atoms with Gasteiger partial charge in [0, 0.05) is 18.7 Å². The van der Waals surface area contributed by atoms with Crippen LogP contribution in [-0.2, 0) is 9.59 Å². The van der Waals surface area contributed by atoms with Crippen LogP contribution in [0.15, 0.2) is 42.0 Å². The van der Waals surface area contributed by atoms with Crippen molar-refractivity contribution in [2.75, 3.05) is 27.2 Å². The van der Waals surface area contributed by atoms with Crippen LogP contribution in [0.1, 0.15) is 36.6 Å². The Morgan fingerprint density at radius 1 is 1.12 bits per heavy atom. The van der Waals surface area contributed by atoms with Gasteiger partial charge in [0.05, 0.1) is 27.8 Å². The molecule has 0 radical (unpaired) electrons. The van der Waals surface area contributed by atoms with E-state index < -0.39 is 17.7 Å². The Hall–Kier alpha value is -2.54. The van der Waals surface area contributed by atoms with Crippen molar-refractivity contribution >= 4 is 40.7 Å². The molecule has 0 aliphatic carbocycles. The third kappa shape index (κ3) is 5.35. The number of likely N-dealkylation sites (tertiary alicyclic amines) is 1. The number of aryl methyl sites for hydroxylation is 1. The van der Waals surface area contributed by atoms with Crippen LogP contribution >= 0.6 is 23.2 Å². The molecule has 6 nitrogen and oxygen atoms in total. The molecule has 1 aliphatic rings. The number of aliphatic hydroxyl groups excluding tert-OH is 1. The van der Waals surface area contributed by atoms with Crippen molar-refractivity contribution in [1.29, 1.82) is 0 Å². The van der Waals surface area contributed by atoms with E-state index in [1.54, 1.807) is 36.4 Å². The first-order valence-corrected chi connectivity index (χ1v) is 11.4. The lowest BCUT2D eigenvalue weighted by atomic mass is 9.94. The molecular formula is C25H28Cl2N2O4. The van der Waals surface area contributed by atoms with Crippen LogP contribution in [-0.4, -0.2) is 59.9 Å². The van der Waals surface area contributed by atoms with E-state index in [0.717, 1.165) is 5.56 Å². The number of ketones is 1. The topological polar surface area (TPSA) is 70.1 Å². The molecule has 1 saturated heterocycles. The van der Waals surface area contributed by atoms with E-state index in [1.807, 2.05) is 39.8 Å². The summed E-state index contributed by atoms with van der Waals surface area (Å²) in [6.45, 7) is 6.57. The Morgan fingerprint density at radius 3 is 2.39 bits per heavy atom. The molecule has 1 heterocycles. The highest BCUT2D eigenvalue weighted by Crippen LogP contribution is 2.41.